The predicted octanol–water partition coefficient (Wildman–Crippen LogP) is 2.94. The van der Waals surface area contributed by atoms with Crippen molar-refractivity contribution in [2.24, 2.45) is 0 Å². The van der Waals surface area contributed by atoms with Crippen LogP contribution in [0.15, 0.2) is 17.0 Å². The Labute approximate surface area is 94.0 Å². The molecule has 0 radical (unpaired) electrons. The zero-order valence-corrected chi connectivity index (χ0v) is 9.82. The van der Waals surface area contributed by atoms with Gasteiger partial charge in [-0.15, -0.1) is 11.8 Å². The zero-order valence-electron chi connectivity index (χ0n) is 9.00. The monoisotopic (exact) mass is 222 g/mol. The van der Waals surface area contributed by atoms with Gasteiger partial charge in [0.15, 0.2) is 5.78 Å². The SMILES string of the molecule is COc1ccc(SC)c2c1C(=O)CCC2. The Morgan fingerprint density at radius 3 is 2.80 bits per heavy atom. The van der Waals surface area contributed by atoms with Crippen LogP contribution in [0.25, 0.3) is 0 Å². The molecule has 0 heterocycles. The first kappa shape index (κ1) is 10.6. The number of methoxy groups -OCH3 is 1. The molecule has 2 rings (SSSR count). The first-order valence-electron chi connectivity index (χ1n) is 5.05. The van der Waals surface area contributed by atoms with Crippen LogP contribution in [-0.4, -0.2) is 19.1 Å². The molecule has 0 aromatic heterocycles. The lowest BCUT2D eigenvalue weighted by Crippen LogP contribution is -2.13. The molecule has 0 unspecified atom stereocenters. The minimum atomic E-state index is 0.226. The van der Waals surface area contributed by atoms with E-state index in [2.05, 4.69) is 0 Å². The summed E-state index contributed by atoms with van der Waals surface area (Å²) < 4.78 is 5.25. The van der Waals surface area contributed by atoms with Crippen LogP contribution in [0.5, 0.6) is 5.75 Å². The van der Waals surface area contributed by atoms with Crippen LogP contribution in [0.2, 0.25) is 0 Å². The normalized spacial score (nSPS) is 14.9. The van der Waals surface area contributed by atoms with E-state index >= 15 is 0 Å². The maximum absolute atomic E-state index is 11.8. The lowest BCUT2D eigenvalue weighted by molar-refractivity contribution is 0.0968. The lowest BCUT2D eigenvalue weighted by atomic mass is 9.90. The van der Waals surface area contributed by atoms with E-state index in [0.29, 0.717) is 6.42 Å². The van der Waals surface area contributed by atoms with Crippen molar-refractivity contribution < 1.29 is 9.53 Å². The van der Waals surface area contributed by atoms with Crippen molar-refractivity contribution in [1.29, 1.82) is 0 Å². The highest BCUT2D eigenvalue weighted by Gasteiger charge is 2.23. The summed E-state index contributed by atoms with van der Waals surface area (Å²) in [5.41, 5.74) is 1.99. The van der Waals surface area contributed by atoms with Gasteiger partial charge in [0.1, 0.15) is 5.75 Å². The van der Waals surface area contributed by atoms with Gasteiger partial charge in [-0.05, 0) is 36.8 Å². The maximum atomic E-state index is 11.8. The number of Topliss-reactive ketones (excluding diaryl/α,β-unsaturated/α-hetero) is 1. The van der Waals surface area contributed by atoms with E-state index in [1.807, 2.05) is 18.4 Å². The van der Waals surface area contributed by atoms with E-state index < -0.39 is 0 Å². The number of fused-ring (bicyclic) bond motifs is 1. The van der Waals surface area contributed by atoms with E-state index in [-0.39, 0.29) is 5.78 Å². The molecule has 0 bridgehead atoms. The van der Waals surface area contributed by atoms with Gasteiger partial charge in [0, 0.05) is 11.3 Å². The summed E-state index contributed by atoms with van der Waals surface area (Å²) >= 11 is 1.70. The number of hydrogen-bond acceptors (Lipinski definition) is 3. The number of hydrogen-bond donors (Lipinski definition) is 0. The summed E-state index contributed by atoms with van der Waals surface area (Å²) in [5.74, 6) is 0.955. The van der Waals surface area contributed by atoms with E-state index in [4.69, 9.17) is 4.74 Å². The summed E-state index contributed by atoms with van der Waals surface area (Å²) in [6.07, 6.45) is 4.66. The fraction of sp³-hybridized carbons (Fsp3) is 0.417. The first-order chi connectivity index (χ1) is 7.27. The largest absolute Gasteiger partial charge is 0.496 e. The molecule has 2 nitrogen and oxygen atoms in total. The molecule has 0 N–H and O–H groups in total. The highest BCUT2D eigenvalue weighted by molar-refractivity contribution is 7.98. The van der Waals surface area contributed by atoms with Gasteiger partial charge in [-0.2, -0.15) is 0 Å². The van der Waals surface area contributed by atoms with Crippen LogP contribution in [0, 0.1) is 0 Å². The van der Waals surface area contributed by atoms with Crippen LogP contribution in [0.4, 0.5) is 0 Å². The third-order valence-corrected chi connectivity index (χ3v) is 3.60. The second kappa shape index (κ2) is 4.27. The number of carbonyl (C=O) groups excluding carboxylic acids is 1. The maximum Gasteiger partial charge on any atom is 0.166 e. The Morgan fingerprint density at radius 2 is 2.13 bits per heavy atom. The molecular weight excluding hydrogens is 208 g/mol. The molecule has 1 aromatic carbocycles. The van der Waals surface area contributed by atoms with Gasteiger partial charge in [0.2, 0.25) is 0 Å². The van der Waals surface area contributed by atoms with E-state index in [1.165, 1.54) is 10.5 Å². The average Bonchev–Trinajstić information content (AvgIpc) is 2.28. The molecule has 3 heteroatoms. The van der Waals surface area contributed by atoms with Gasteiger partial charge in [0.05, 0.1) is 12.7 Å². The van der Waals surface area contributed by atoms with Crippen LogP contribution in [0.1, 0.15) is 28.8 Å². The van der Waals surface area contributed by atoms with Crippen molar-refractivity contribution in [2.75, 3.05) is 13.4 Å². The smallest absolute Gasteiger partial charge is 0.166 e. The molecule has 0 fully saturated rings. The quantitative estimate of drug-likeness (QED) is 0.720. The molecule has 1 aliphatic carbocycles. The Bertz CT molecular complexity index is 399. The van der Waals surface area contributed by atoms with Gasteiger partial charge in [-0.3, -0.25) is 4.79 Å². The Morgan fingerprint density at radius 1 is 1.33 bits per heavy atom. The van der Waals surface area contributed by atoms with E-state index in [9.17, 15) is 4.79 Å². The second-order valence-electron chi connectivity index (χ2n) is 3.60. The van der Waals surface area contributed by atoms with Crippen LogP contribution in [-0.2, 0) is 6.42 Å². The van der Waals surface area contributed by atoms with Crippen molar-refractivity contribution >= 4 is 17.5 Å². The molecule has 15 heavy (non-hydrogen) atoms. The molecule has 0 aliphatic heterocycles. The Kier molecular flexibility index (Phi) is 3.00. The minimum absolute atomic E-state index is 0.226. The third-order valence-electron chi connectivity index (χ3n) is 2.78. The molecule has 1 aliphatic rings. The molecule has 80 valence electrons. The van der Waals surface area contributed by atoms with Gasteiger partial charge in [-0.25, -0.2) is 0 Å². The molecule has 0 atom stereocenters. The lowest BCUT2D eigenvalue weighted by Gasteiger charge is -2.20. The van der Waals surface area contributed by atoms with Crippen molar-refractivity contribution in [3.8, 4) is 5.75 Å². The summed E-state index contributed by atoms with van der Waals surface area (Å²) in [4.78, 5) is 13.1. The highest BCUT2D eigenvalue weighted by Crippen LogP contribution is 2.35. The van der Waals surface area contributed by atoms with Crippen LogP contribution in [0.3, 0.4) is 0 Å². The number of rotatable bonds is 2. The Hall–Kier alpha value is -0.960. The van der Waals surface area contributed by atoms with Gasteiger partial charge < -0.3 is 4.74 Å². The molecule has 1 aromatic rings. The third kappa shape index (κ3) is 1.76. The van der Waals surface area contributed by atoms with Crippen LogP contribution < -0.4 is 4.74 Å². The van der Waals surface area contributed by atoms with Crippen molar-refractivity contribution in [3.63, 3.8) is 0 Å². The number of ether oxygens (including phenoxy) is 1. The Balaban J connectivity index is 2.61. The second-order valence-corrected chi connectivity index (χ2v) is 4.45. The number of ketones is 1. The van der Waals surface area contributed by atoms with Gasteiger partial charge in [0.25, 0.3) is 0 Å². The minimum Gasteiger partial charge on any atom is -0.496 e. The summed E-state index contributed by atoms with van der Waals surface area (Å²) in [5, 5.41) is 0. The standard InChI is InChI=1S/C12H14O2S/c1-14-10-6-7-11(15-2)8-4-3-5-9(13)12(8)10/h6-7H,3-5H2,1-2H3. The molecule has 0 saturated carbocycles. The highest BCUT2D eigenvalue weighted by atomic mass is 32.2. The number of thioether (sulfide) groups is 1. The summed E-state index contributed by atoms with van der Waals surface area (Å²) in [7, 11) is 1.62. The average molecular weight is 222 g/mol. The summed E-state index contributed by atoms with van der Waals surface area (Å²) in [6.45, 7) is 0. The van der Waals surface area contributed by atoms with Crippen molar-refractivity contribution in [1.82, 2.24) is 0 Å². The topological polar surface area (TPSA) is 26.3 Å². The van der Waals surface area contributed by atoms with Crippen molar-refractivity contribution in [3.05, 3.63) is 23.3 Å². The van der Waals surface area contributed by atoms with E-state index in [1.54, 1.807) is 18.9 Å². The fourth-order valence-corrected chi connectivity index (χ4v) is 2.73. The van der Waals surface area contributed by atoms with Crippen LogP contribution >= 0.6 is 11.8 Å². The number of carbonyl (C=O) groups is 1. The molecule has 0 saturated heterocycles. The van der Waals surface area contributed by atoms with E-state index in [0.717, 1.165) is 24.2 Å². The first-order valence-corrected chi connectivity index (χ1v) is 6.27. The zero-order chi connectivity index (χ0) is 10.8. The summed E-state index contributed by atoms with van der Waals surface area (Å²) in [6, 6.07) is 3.94. The van der Waals surface area contributed by atoms with Crippen molar-refractivity contribution in [2.45, 2.75) is 24.2 Å². The van der Waals surface area contributed by atoms with Gasteiger partial charge in [-0.1, -0.05) is 0 Å². The predicted molar refractivity (Wildman–Crippen MR) is 62.0 cm³/mol. The fourth-order valence-electron chi connectivity index (χ4n) is 2.07. The molecule has 0 spiro atoms. The number of benzene rings is 1. The molecule has 0 amide bonds. The molecular formula is C12H14O2S. The van der Waals surface area contributed by atoms with Gasteiger partial charge >= 0.3 is 0 Å².